The van der Waals surface area contributed by atoms with E-state index >= 15 is 0 Å². The summed E-state index contributed by atoms with van der Waals surface area (Å²) in [5.41, 5.74) is 10.9. The van der Waals surface area contributed by atoms with E-state index in [-0.39, 0.29) is 5.92 Å². The van der Waals surface area contributed by atoms with Gasteiger partial charge in [-0.05, 0) is 12.5 Å². The van der Waals surface area contributed by atoms with Gasteiger partial charge in [-0.2, -0.15) is 0 Å². The normalized spacial score (nSPS) is 23.8. The second-order valence-corrected chi connectivity index (χ2v) is 4.14. The van der Waals surface area contributed by atoms with Crippen molar-refractivity contribution in [2.45, 2.75) is 6.42 Å². The highest BCUT2D eigenvalue weighted by atomic mass is 16.5. The highest BCUT2D eigenvalue weighted by Gasteiger charge is 2.27. The Hall–Kier alpha value is -1.98. The van der Waals surface area contributed by atoms with Crippen molar-refractivity contribution in [3.05, 3.63) is 23.5 Å². The number of hydrogen-bond donors (Lipinski definition) is 2. The summed E-state index contributed by atoms with van der Waals surface area (Å²) in [7, 11) is 0. The molecule has 17 heavy (non-hydrogen) atoms. The Labute approximate surface area is 98.9 Å². The third-order valence-corrected chi connectivity index (χ3v) is 2.99. The maximum Gasteiger partial charge on any atom is 0.314 e. The van der Waals surface area contributed by atoms with Gasteiger partial charge in [0.1, 0.15) is 12.4 Å². The molecule has 0 aromatic carbocycles. The minimum atomic E-state index is -0.462. The molecule has 1 fully saturated rings. The maximum absolute atomic E-state index is 11.1. The summed E-state index contributed by atoms with van der Waals surface area (Å²) < 4.78 is 5.53. The number of carbonyl (C=O) groups excluding carboxylic acids is 2. The molecule has 0 aromatic heterocycles. The number of rotatable bonds is 1. The van der Waals surface area contributed by atoms with Gasteiger partial charge in [0, 0.05) is 18.0 Å². The van der Waals surface area contributed by atoms with Gasteiger partial charge in [0.2, 0.25) is 5.91 Å². The lowest BCUT2D eigenvalue weighted by molar-refractivity contribution is -0.114. The summed E-state index contributed by atoms with van der Waals surface area (Å²) in [6.07, 6.45) is 4.05. The number of primary amides is 2. The van der Waals surface area contributed by atoms with Crippen LogP contribution in [0.5, 0.6) is 0 Å². The van der Waals surface area contributed by atoms with E-state index in [0.29, 0.717) is 37.4 Å². The fourth-order valence-electron chi connectivity index (χ4n) is 2.04. The molecular formula is C11H15N3O3. The number of ether oxygens (including phenoxy) is 1. The molecule has 2 rings (SSSR count). The van der Waals surface area contributed by atoms with Gasteiger partial charge in [0.15, 0.2) is 0 Å². The number of hydrogen-bond acceptors (Lipinski definition) is 3. The zero-order chi connectivity index (χ0) is 12.4. The first kappa shape index (κ1) is 11.5. The van der Waals surface area contributed by atoms with E-state index in [4.69, 9.17) is 16.2 Å². The maximum atomic E-state index is 11.1. The average Bonchev–Trinajstić information content (AvgIpc) is 2.49. The Bertz CT molecular complexity index is 414. The van der Waals surface area contributed by atoms with Crippen LogP contribution in [-0.2, 0) is 9.53 Å². The van der Waals surface area contributed by atoms with Crippen molar-refractivity contribution in [2.24, 2.45) is 17.4 Å². The molecule has 6 nitrogen and oxygen atoms in total. The quantitative estimate of drug-likeness (QED) is 0.655. The average molecular weight is 237 g/mol. The summed E-state index contributed by atoms with van der Waals surface area (Å²) in [6, 6.07) is -0.445. The summed E-state index contributed by atoms with van der Waals surface area (Å²) in [4.78, 5) is 23.7. The van der Waals surface area contributed by atoms with Gasteiger partial charge < -0.3 is 21.1 Å². The van der Waals surface area contributed by atoms with Crippen molar-refractivity contribution >= 4 is 11.9 Å². The zero-order valence-electron chi connectivity index (χ0n) is 9.39. The molecule has 1 heterocycles. The number of nitrogens with zero attached hydrogens (tertiary/aromatic N) is 1. The lowest BCUT2D eigenvalue weighted by Gasteiger charge is -2.23. The second kappa shape index (κ2) is 4.48. The summed E-state index contributed by atoms with van der Waals surface area (Å²) in [5, 5.41) is 0. The molecule has 0 bridgehead atoms. The van der Waals surface area contributed by atoms with Crippen LogP contribution in [0, 0.1) is 5.92 Å². The Kier molecular flexibility index (Phi) is 3.03. The smallest absolute Gasteiger partial charge is 0.314 e. The highest BCUT2D eigenvalue weighted by Crippen LogP contribution is 2.27. The third-order valence-electron chi connectivity index (χ3n) is 2.99. The first-order valence-electron chi connectivity index (χ1n) is 5.46. The van der Waals surface area contributed by atoms with Crippen LogP contribution in [0.1, 0.15) is 6.42 Å². The largest absolute Gasteiger partial charge is 0.496 e. The second-order valence-electron chi connectivity index (χ2n) is 4.14. The molecule has 1 aliphatic carbocycles. The third kappa shape index (κ3) is 2.41. The molecule has 0 radical (unpaired) electrons. The van der Waals surface area contributed by atoms with Crippen LogP contribution in [0.15, 0.2) is 23.5 Å². The Morgan fingerprint density at radius 3 is 2.82 bits per heavy atom. The molecule has 6 heteroatoms. The predicted octanol–water partition coefficient (Wildman–Crippen LogP) is -0.287. The van der Waals surface area contributed by atoms with Crippen LogP contribution in [0.25, 0.3) is 0 Å². The standard InChI is InChI=1S/C11H15N3O3/c12-10(15)7-1-2-8-6-14(11(13)16)3-4-17-9(8)5-7/h1,5,8H,2-4,6H2,(H2,12,15)(H2,13,16). The van der Waals surface area contributed by atoms with Gasteiger partial charge >= 0.3 is 6.03 Å². The van der Waals surface area contributed by atoms with Gasteiger partial charge in [-0.3, -0.25) is 4.79 Å². The van der Waals surface area contributed by atoms with E-state index in [1.54, 1.807) is 17.1 Å². The minimum absolute atomic E-state index is 0.0631. The van der Waals surface area contributed by atoms with Gasteiger partial charge in [-0.15, -0.1) is 0 Å². The molecule has 0 aromatic rings. The van der Waals surface area contributed by atoms with Gasteiger partial charge in [-0.25, -0.2) is 4.79 Å². The van der Waals surface area contributed by atoms with Gasteiger partial charge in [0.25, 0.3) is 0 Å². The van der Waals surface area contributed by atoms with Crippen molar-refractivity contribution in [1.82, 2.24) is 4.90 Å². The summed E-state index contributed by atoms with van der Waals surface area (Å²) >= 11 is 0. The summed E-state index contributed by atoms with van der Waals surface area (Å²) in [5.74, 6) is 0.314. The molecule has 1 aliphatic heterocycles. The number of fused-ring (bicyclic) bond motifs is 1. The molecule has 1 atom stereocenters. The monoisotopic (exact) mass is 237 g/mol. The van der Waals surface area contributed by atoms with Crippen LogP contribution in [0.4, 0.5) is 4.79 Å². The van der Waals surface area contributed by atoms with Crippen LogP contribution in [0.2, 0.25) is 0 Å². The highest BCUT2D eigenvalue weighted by molar-refractivity contribution is 5.95. The first-order valence-corrected chi connectivity index (χ1v) is 5.46. The Morgan fingerprint density at radius 2 is 2.18 bits per heavy atom. The fraction of sp³-hybridized carbons (Fsp3) is 0.455. The number of carbonyl (C=O) groups is 2. The fourth-order valence-corrected chi connectivity index (χ4v) is 2.04. The van der Waals surface area contributed by atoms with E-state index in [9.17, 15) is 9.59 Å². The molecule has 0 spiro atoms. The van der Waals surface area contributed by atoms with Crippen LogP contribution in [0.3, 0.4) is 0 Å². The molecule has 3 amide bonds. The number of urea groups is 1. The number of nitrogens with two attached hydrogens (primary N) is 2. The van der Waals surface area contributed by atoms with Crippen molar-refractivity contribution < 1.29 is 14.3 Å². The van der Waals surface area contributed by atoms with Crippen molar-refractivity contribution in [2.75, 3.05) is 19.7 Å². The lowest BCUT2D eigenvalue weighted by atomic mass is 9.94. The van der Waals surface area contributed by atoms with Crippen LogP contribution >= 0.6 is 0 Å². The molecule has 2 aliphatic rings. The Balaban J connectivity index is 2.15. The zero-order valence-corrected chi connectivity index (χ0v) is 9.39. The number of amides is 3. The van der Waals surface area contributed by atoms with E-state index < -0.39 is 11.9 Å². The molecule has 1 saturated heterocycles. The minimum Gasteiger partial charge on any atom is -0.496 e. The predicted molar refractivity (Wildman–Crippen MR) is 60.6 cm³/mol. The van der Waals surface area contributed by atoms with Crippen molar-refractivity contribution in [1.29, 1.82) is 0 Å². The summed E-state index contributed by atoms with van der Waals surface area (Å²) in [6.45, 7) is 1.37. The van der Waals surface area contributed by atoms with E-state index in [0.717, 1.165) is 0 Å². The van der Waals surface area contributed by atoms with E-state index in [1.165, 1.54) is 0 Å². The molecular weight excluding hydrogens is 222 g/mol. The number of allylic oxidation sites excluding steroid dienone is 1. The van der Waals surface area contributed by atoms with Crippen molar-refractivity contribution in [3.63, 3.8) is 0 Å². The molecule has 4 N–H and O–H groups in total. The lowest BCUT2D eigenvalue weighted by Crippen LogP contribution is -2.39. The van der Waals surface area contributed by atoms with Crippen molar-refractivity contribution in [3.8, 4) is 0 Å². The van der Waals surface area contributed by atoms with E-state index in [1.807, 2.05) is 0 Å². The van der Waals surface area contributed by atoms with Gasteiger partial charge in [0.05, 0.1) is 6.54 Å². The molecule has 92 valence electrons. The topological polar surface area (TPSA) is 98.7 Å². The SMILES string of the molecule is NC(=O)C1=CCC2CN(C(N)=O)CCOC2=C1. The first-order chi connectivity index (χ1) is 8.08. The van der Waals surface area contributed by atoms with Crippen LogP contribution < -0.4 is 11.5 Å². The Morgan fingerprint density at radius 1 is 1.41 bits per heavy atom. The molecule has 1 unspecified atom stereocenters. The van der Waals surface area contributed by atoms with E-state index in [2.05, 4.69) is 0 Å². The van der Waals surface area contributed by atoms with Crippen LogP contribution in [-0.4, -0.2) is 36.5 Å². The molecule has 0 saturated carbocycles. The van der Waals surface area contributed by atoms with Gasteiger partial charge in [-0.1, -0.05) is 6.08 Å².